The summed E-state index contributed by atoms with van der Waals surface area (Å²) in [6.07, 6.45) is 100. The number of hydrogen-bond donors (Lipinski definition) is 3. The lowest BCUT2D eigenvalue weighted by Gasteiger charge is -2.26. The summed E-state index contributed by atoms with van der Waals surface area (Å²) in [5.74, 6) is -0.130. The van der Waals surface area contributed by atoms with Crippen molar-refractivity contribution in [1.82, 2.24) is 5.32 Å². The van der Waals surface area contributed by atoms with Crippen molar-refractivity contribution < 1.29 is 32.9 Å². The summed E-state index contributed by atoms with van der Waals surface area (Å²) in [6, 6.07) is -0.758. The summed E-state index contributed by atoms with van der Waals surface area (Å²) in [6.45, 7) is 4.98. The number of unbranched alkanes of at least 4 members (excludes halogenated alkanes) is 70. The predicted octanol–water partition coefficient (Wildman–Crippen LogP) is 28.6. The molecular weight excluding hydrogens is 1180 g/mol. The molecule has 1 amide bonds. The highest BCUT2D eigenvalue weighted by Gasteiger charge is 2.28. The Bertz CT molecular complexity index is 1490. The maximum atomic E-state index is 13.1. The van der Waals surface area contributed by atoms with Crippen LogP contribution in [0, 0.1) is 0 Å². The molecule has 564 valence electrons. The van der Waals surface area contributed by atoms with E-state index in [0.717, 1.165) is 38.5 Å². The van der Waals surface area contributed by atoms with Gasteiger partial charge in [-0.3, -0.25) is 13.8 Å². The van der Waals surface area contributed by atoms with E-state index in [4.69, 9.17) is 9.05 Å². The maximum Gasteiger partial charge on any atom is 0.472 e. The number of aliphatic hydroxyl groups excluding tert-OH is 1. The van der Waals surface area contributed by atoms with Crippen molar-refractivity contribution in [2.24, 2.45) is 0 Å². The SMILES string of the molecule is CCCCCCCCCCCCCCCCCCCCCCCCCCCCCCCCCCCCCCCCCCC(=O)NC(COP(=O)(O)OCC[N+](C)(C)C)C(O)CCCCCCCCCCCCCCCCCCCCCCCCCCCCCCCCCC. The van der Waals surface area contributed by atoms with E-state index in [1.165, 1.54) is 424 Å². The average Bonchev–Trinajstić information content (AvgIpc) is 1.25. The third-order valence-corrected chi connectivity index (χ3v) is 21.8. The molecular formula is C85H174N2O6P+. The molecule has 0 saturated carbocycles. The van der Waals surface area contributed by atoms with Crippen LogP contribution in [0.4, 0.5) is 0 Å². The molecule has 3 N–H and O–H groups in total. The number of rotatable bonds is 83. The summed E-state index contributed by atoms with van der Waals surface area (Å²) in [5.41, 5.74) is 0. The highest BCUT2D eigenvalue weighted by molar-refractivity contribution is 7.47. The second-order valence-corrected chi connectivity index (χ2v) is 33.1. The molecule has 9 heteroatoms. The minimum absolute atomic E-state index is 0.0797. The molecule has 0 aliphatic carbocycles. The molecule has 0 heterocycles. The zero-order valence-corrected chi connectivity index (χ0v) is 65.9. The van der Waals surface area contributed by atoms with Crippen LogP contribution in [0.3, 0.4) is 0 Å². The van der Waals surface area contributed by atoms with Crippen molar-refractivity contribution in [1.29, 1.82) is 0 Å². The molecule has 94 heavy (non-hydrogen) atoms. The molecule has 3 unspecified atom stereocenters. The molecule has 0 aromatic rings. The van der Waals surface area contributed by atoms with E-state index in [1.807, 2.05) is 21.1 Å². The van der Waals surface area contributed by atoms with Crippen LogP contribution >= 0.6 is 7.82 Å². The molecule has 0 saturated heterocycles. The highest BCUT2D eigenvalue weighted by Crippen LogP contribution is 2.43. The first-order valence-corrected chi connectivity index (χ1v) is 44.9. The number of nitrogens with zero attached hydrogens (tertiary/aromatic N) is 1. The van der Waals surface area contributed by atoms with Gasteiger partial charge in [-0.1, -0.05) is 470 Å². The Balaban J connectivity index is 3.83. The Kier molecular flexibility index (Phi) is 76.3. The number of aliphatic hydroxyl groups is 1. The first-order chi connectivity index (χ1) is 46.0. The minimum atomic E-state index is -4.33. The van der Waals surface area contributed by atoms with Crippen molar-refractivity contribution in [2.75, 3.05) is 40.9 Å². The number of nitrogens with one attached hydrogen (secondary N) is 1. The van der Waals surface area contributed by atoms with Gasteiger partial charge in [-0.25, -0.2) is 4.57 Å². The third kappa shape index (κ3) is 78.8. The van der Waals surface area contributed by atoms with E-state index in [2.05, 4.69) is 19.2 Å². The zero-order chi connectivity index (χ0) is 68.3. The average molecular weight is 1350 g/mol. The normalized spacial score (nSPS) is 13.3. The van der Waals surface area contributed by atoms with Crippen LogP contribution < -0.4 is 5.32 Å². The van der Waals surface area contributed by atoms with Gasteiger partial charge in [-0.05, 0) is 12.8 Å². The van der Waals surface area contributed by atoms with E-state index in [-0.39, 0.29) is 19.1 Å². The van der Waals surface area contributed by atoms with E-state index in [0.29, 0.717) is 23.9 Å². The van der Waals surface area contributed by atoms with Crippen LogP contribution in [0.2, 0.25) is 0 Å². The fourth-order valence-corrected chi connectivity index (χ4v) is 14.9. The van der Waals surface area contributed by atoms with Crippen molar-refractivity contribution in [3.63, 3.8) is 0 Å². The van der Waals surface area contributed by atoms with Gasteiger partial charge >= 0.3 is 7.82 Å². The predicted molar refractivity (Wildman–Crippen MR) is 416 cm³/mol. The second-order valence-electron chi connectivity index (χ2n) is 31.6. The van der Waals surface area contributed by atoms with Crippen LogP contribution in [0.1, 0.15) is 489 Å². The van der Waals surface area contributed by atoms with E-state index >= 15 is 0 Å². The standard InChI is InChI=1S/C85H173N2O6P/c1-6-8-10-12-14-16-18-20-22-24-26-28-30-32-34-36-38-40-41-42-43-44-45-46-47-49-51-53-55-57-59-61-63-65-67-69-71-73-75-77-79-85(89)86-83(82-93-94(90,91)92-81-80-87(3,4)5)84(88)78-76-74-72-70-68-66-64-62-60-58-56-54-52-50-48-39-37-35-33-31-29-27-25-23-21-19-17-15-13-11-9-7-2/h83-84,88H,6-82H2,1-5H3,(H-,86,89,90,91)/p+1. The van der Waals surface area contributed by atoms with E-state index < -0.39 is 20.0 Å². The third-order valence-electron chi connectivity index (χ3n) is 20.9. The quantitative estimate of drug-likeness (QED) is 0.0318. The number of phosphoric ester groups is 1. The summed E-state index contributed by atoms with van der Waals surface area (Å²) < 4.78 is 24.0. The molecule has 3 atom stereocenters. The van der Waals surface area contributed by atoms with Crippen LogP contribution in [-0.4, -0.2) is 73.4 Å². The first kappa shape index (κ1) is 93.5. The van der Waals surface area contributed by atoms with Gasteiger partial charge in [-0.15, -0.1) is 0 Å². The van der Waals surface area contributed by atoms with E-state index in [1.54, 1.807) is 0 Å². The van der Waals surface area contributed by atoms with Gasteiger partial charge in [0.25, 0.3) is 0 Å². The molecule has 8 nitrogen and oxygen atoms in total. The Hall–Kier alpha value is -0.500. The second kappa shape index (κ2) is 76.7. The van der Waals surface area contributed by atoms with Crippen molar-refractivity contribution in [2.45, 2.75) is 501 Å². The number of likely N-dealkylation sites (N-methyl/N-ethyl adjacent to an activating group) is 1. The Morgan fingerprint density at radius 3 is 0.713 bits per heavy atom. The molecule has 0 fully saturated rings. The Morgan fingerprint density at radius 2 is 0.511 bits per heavy atom. The molecule has 0 aliphatic rings. The molecule has 0 rings (SSSR count). The number of phosphoric acid groups is 1. The number of amides is 1. The summed E-state index contributed by atoms with van der Waals surface area (Å²) in [4.78, 5) is 23.6. The van der Waals surface area contributed by atoms with Gasteiger partial charge in [0.2, 0.25) is 5.91 Å². The Morgan fingerprint density at radius 1 is 0.319 bits per heavy atom. The fraction of sp³-hybridized carbons (Fsp3) is 0.988. The van der Waals surface area contributed by atoms with E-state index in [9.17, 15) is 19.4 Å². The van der Waals surface area contributed by atoms with Gasteiger partial charge in [0.05, 0.1) is 39.9 Å². The minimum Gasteiger partial charge on any atom is -0.391 e. The lowest BCUT2D eigenvalue weighted by atomic mass is 10.0. The van der Waals surface area contributed by atoms with Crippen LogP contribution in [0.5, 0.6) is 0 Å². The van der Waals surface area contributed by atoms with Crippen LogP contribution in [-0.2, 0) is 18.4 Å². The van der Waals surface area contributed by atoms with Gasteiger partial charge in [0.15, 0.2) is 0 Å². The lowest BCUT2D eigenvalue weighted by molar-refractivity contribution is -0.870. The molecule has 0 radical (unpaired) electrons. The monoisotopic (exact) mass is 1350 g/mol. The number of carbonyl (C=O) groups is 1. The number of quaternary nitrogens is 1. The van der Waals surface area contributed by atoms with Gasteiger partial charge in [0.1, 0.15) is 13.2 Å². The zero-order valence-electron chi connectivity index (χ0n) is 65.0. The van der Waals surface area contributed by atoms with Gasteiger partial charge in [0, 0.05) is 6.42 Å². The topological polar surface area (TPSA) is 105 Å². The van der Waals surface area contributed by atoms with Crippen LogP contribution in [0.25, 0.3) is 0 Å². The molecule has 0 bridgehead atoms. The van der Waals surface area contributed by atoms with Crippen molar-refractivity contribution in [3.05, 3.63) is 0 Å². The summed E-state index contributed by atoms with van der Waals surface area (Å²) in [5, 5.41) is 14.2. The maximum absolute atomic E-state index is 13.1. The molecule has 0 aromatic heterocycles. The largest absolute Gasteiger partial charge is 0.472 e. The first-order valence-electron chi connectivity index (χ1n) is 43.4. The lowest BCUT2D eigenvalue weighted by Crippen LogP contribution is -2.46. The number of hydrogen-bond acceptors (Lipinski definition) is 5. The Labute approximate surface area is 590 Å². The van der Waals surface area contributed by atoms with Gasteiger partial charge < -0.3 is 19.8 Å². The molecule has 0 aromatic carbocycles. The highest BCUT2D eigenvalue weighted by atomic mass is 31.2. The molecule has 0 aliphatic heterocycles. The summed E-state index contributed by atoms with van der Waals surface area (Å²) in [7, 11) is 1.65. The fourth-order valence-electron chi connectivity index (χ4n) is 14.2. The van der Waals surface area contributed by atoms with Crippen molar-refractivity contribution in [3.8, 4) is 0 Å². The summed E-state index contributed by atoms with van der Waals surface area (Å²) >= 11 is 0. The van der Waals surface area contributed by atoms with Crippen LogP contribution in [0.15, 0.2) is 0 Å². The number of carbonyl (C=O) groups excluding carboxylic acids is 1. The van der Waals surface area contributed by atoms with Crippen molar-refractivity contribution >= 4 is 13.7 Å². The molecule has 0 spiro atoms. The smallest absolute Gasteiger partial charge is 0.391 e. The van der Waals surface area contributed by atoms with Gasteiger partial charge in [-0.2, -0.15) is 0 Å².